The zero-order valence-corrected chi connectivity index (χ0v) is 12.1. The number of rotatable bonds is 7. The van der Waals surface area contributed by atoms with Gasteiger partial charge in [-0.2, -0.15) is 0 Å². The van der Waals surface area contributed by atoms with Crippen LogP contribution in [-0.2, 0) is 17.6 Å². The topological polar surface area (TPSA) is 61.4 Å². The van der Waals surface area contributed by atoms with Crippen molar-refractivity contribution in [2.75, 3.05) is 19.6 Å². The predicted octanol–water partition coefficient (Wildman–Crippen LogP) is 1.32. The number of carbonyl (C=O) groups is 1. The van der Waals surface area contributed by atoms with E-state index in [-0.39, 0.29) is 5.91 Å². The third kappa shape index (κ3) is 4.32. The standard InChI is InChI=1S/C16H24N2O2/c1-12(19)18-9-3-8-17-11-16(20)15-7-6-13-4-2-5-14(13)10-15/h6-7,10,16-17,20H,2-5,8-9,11H2,1H3,(H,18,19). The van der Waals surface area contributed by atoms with Crippen LogP contribution in [0.5, 0.6) is 0 Å². The molecule has 0 saturated carbocycles. The third-order valence-electron chi connectivity index (χ3n) is 3.75. The molecule has 1 aromatic rings. The maximum absolute atomic E-state index is 10.7. The maximum Gasteiger partial charge on any atom is 0.216 e. The van der Waals surface area contributed by atoms with E-state index in [4.69, 9.17) is 0 Å². The van der Waals surface area contributed by atoms with Crippen molar-refractivity contribution in [2.45, 2.75) is 38.7 Å². The molecule has 0 fully saturated rings. The molecule has 0 bridgehead atoms. The molecular formula is C16H24N2O2. The van der Waals surface area contributed by atoms with E-state index in [0.29, 0.717) is 13.1 Å². The van der Waals surface area contributed by atoms with E-state index >= 15 is 0 Å². The van der Waals surface area contributed by atoms with Gasteiger partial charge in [-0.1, -0.05) is 18.2 Å². The molecule has 20 heavy (non-hydrogen) atoms. The van der Waals surface area contributed by atoms with Gasteiger partial charge in [0.05, 0.1) is 6.10 Å². The molecule has 1 aliphatic rings. The van der Waals surface area contributed by atoms with Gasteiger partial charge in [0.15, 0.2) is 0 Å². The Morgan fingerprint density at radius 2 is 2.10 bits per heavy atom. The average molecular weight is 276 g/mol. The van der Waals surface area contributed by atoms with Gasteiger partial charge in [0.25, 0.3) is 0 Å². The lowest BCUT2D eigenvalue weighted by Gasteiger charge is -2.13. The Morgan fingerprint density at radius 3 is 2.90 bits per heavy atom. The highest BCUT2D eigenvalue weighted by molar-refractivity contribution is 5.72. The van der Waals surface area contributed by atoms with Crippen LogP contribution in [0.1, 0.15) is 42.6 Å². The van der Waals surface area contributed by atoms with E-state index in [0.717, 1.165) is 24.9 Å². The van der Waals surface area contributed by atoms with Crippen molar-refractivity contribution in [3.63, 3.8) is 0 Å². The SMILES string of the molecule is CC(=O)NCCCNCC(O)c1ccc2c(c1)CCC2. The molecule has 1 unspecified atom stereocenters. The monoisotopic (exact) mass is 276 g/mol. The smallest absolute Gasteiger partial charge is 0.216 e. The number of hydrogen-bond acceptors (Lipinski definition) is 3. The Morgan fingerprint density at radius 1 is 1.30 bits per heavy atom. The van der Waals surface area contributed by atoms with Gasteiger partial charge in [0, 0.05) is 20.0 Å². The molecule has 0 heterocycles. The molecule has 0 radical (unpaired) electrons. The van der Waals surface area contributed by atoms with Gasteiger partial charge >= 0.3 is 0 Å². The van der Waals surface area contributed by atoms with Gasteiger partial charge < -0.3 is 15.7 Å². The van der Waals surface area contributed by atoms with Gasteiger partial charge in [0.1, 0.15) is 0 Å². The van der Waals surface area contributed by atoms with E-state index in [1.54, 1.807) is 0 Å². The van der Waals surface area contributed by atoms with E-state index in [1.807, 2.05) is 6.07 Å². The predicted molar refractivity (Wildman–Crippen MR) is 79.6 cm³/mol. The molecule has 110 valence electrons. The summed E-state index contributed by atoms with van der Waals surface area (Å²) in [6.45, 7) is 3.55. The number of carbonyl (C=O) groups excluding carboxylic acids is 1. The molecule has 0 saturated heterocycles. The first-order valence-electron chi connectivity index (χ1n) is 7.42. The molecule has 0 spiro atoms. The Kier molecular flexibility index (Phi) is 5.56. The molecule has 0 aromatic heterocycles. The second kappa shape index (κ2) is 7.41. The zero-order valence-electron chi connectivity index (χ0n) is 12.1. The minimum atomic E-state index is -0.457. The van der Waals surface area contributed by atoms with E-state index in [2.05, 4.69) is 22.8 Å². The van der Waals surface area contributed by atoms with Crippen LogP contribution in [0.4, 0.5) is 0 Å². The summed E-state index contributed by atoms with van der Waals surface area (Å²) in [6.07, 6.45) is 3.96. The van der Waals surface area contributed by atoms with Crippen molar-refractivity contribution in [2.24, 2.45) is 0 Å². The largest absolute Gasteiger partial charge is 0.387 e. The van der Waals surface area contributed by atoms with Crippen LogP contribution in [0.3, 0.4) is 0 Å². The van der Waals surface area contributed by atoms with Crippen LogP contribution in [0.2, 0.25) is 0 Å². The summed E-state index contributed by atoms with van der Waals surface area (Å²) in [4.78, 5) is 10.7. The van der Waals surface area contributed by atoms with Gasteiger partial charge in [-0.15, -0.1) is 0 Å². The first-order chi connectivity index (χ1) is 9.66. The molecular weight excluding hydrogens is 252 g/mol. The summed E-state index contributed by atoms with van der Waals surface area (Å²) in [6, 6.07) is 6.33. The highest BCUT2D eigenvalue weighted by Gasteiger charge is 2.14. The van der Waals surface area contributed by atoms with Crippen molar-refractivity contribution in [3.8, 4) is 0 Å². The molecule has 0 aliphatic heterocycles. The Balaban J connectivity index is 1.69. The zero-order chi connectivity index (χ0) is 14.4. The van der Waals surface area contributed by atoms with Crippen LogP contribution >= 0.6 is 0 Å². The maximum atomic E-state index is 10.7. The molecule has 4 heteroatoms. The van der Waals surface area contributed by atoms with Crippen LogP contribution in [-0.4, -0.2) is 30.6 Å². The summed E-state index contributed by atoms with van der Waals surface area (Å²) < 4.78 is 0. The molecule has 1 aromatic carbocycles. The fraction of sp³-hybridized carbons (Fsp3) is 0.562. The summed E-state index contributed by atoms with van der Waals surface area (Å²) in [7, 11) is 0. The summed E-state index contributed by atoms with van der Waals surface area (Å²) in [5, 5.41) is 16.1. The normalized spacial score (nSPS) is 14.9. The highest BCUT2D eigenvalue weighted by atomic mass is 16.3. The summed E-state index contributed by atoms with van der Waals surface area (Å²) in [5.41, 5.74) is 3.83. The number of aliphatic hydroxyl groups is 1. The van der Waals surface area contributed by atoms with Gasteiger partial charge in [-0.25, -0.2) is 0 Å². The summed E-state index contributed by atoms with van der Waals surface area (Å²) >= 11 is 0. The lowest BCUT2D eigenvalue weighted by Crippen LogP contribution is -2.27. The van der Waals surface area contributed by atoms with E-state index < -0.39 is 6.10 Å². The van der Waals surface area contributed by atoms with E-state index in [1.165, 1.54) is 30.9 Å². The Labute approximate surface area is 120 Å². The van der Waals surface area contributed by atoms with Crippen LogP contribution in [0, 0.1) is 0 Å². The van der Waals surface area contributed by atoms with Crippen LogP contribution in [0.25, 0.3) is 0 Å². The number of aliphatic hydroxyl groups excluding tert-OH is 1. The number of fused-ring (bicyclic) bond motifs is 1. The van der Waals surface area contributed by atoms with Gasteiger partial charge in [0.2, 0.25) is 5.91 Å². The van der Waals surface area contributed by atoms with Crippen LogP contribution in [0.15, 0.2) is 18.2 Å². The van der Waals surface area contributed by atoms with Gasteiger partial charge in [-0.3, -0.25) is 4.79 Å². The lowest BCUT2D eigenvalue weighted by atomic mass is 10.0. The molecule has 4 nitrogen and oxygen atoms in total. The second-order valence-corrected chi connectivity index (χ2v) is 5.44. The molecule has 3 N–H and O–H groups in total. The van der Waals surface area contributed by atoms with Crippen LogP contribution < -0.4 is 10.6 Å². The van der Waals surface area contributed by atoms with Crippen molar-refractivity contribution in [1.29, 1.82) is 0 Å². The Hall–Kier alpha value is -1.39. The fourth-order valence-electron chi connectivity index (χ4n) is 2.63. The molecule has 1 amide bonds. The van der Waals surface area contributed by atoms with Crippen molar-refractivity contribution < 1.29 is 9.90 Å². The Bertz CT molecular complexity index is 460. The number of amides is 1. The van der Waals surface area contributed by atoms with E-state index in [9.17, 15) is 9.90 Å². The van der Waals surface area contributed by atoms with Crippen molar-refractivity contribution in [3.05, 3.63) is 34.9 Å². The summed E-state index contributed by atoms with van der Waals surface area (Å²) in [5.74, 6) is 0.00294. The minimum absolute atomic E-state index is 0.00294. The number of nitrogens with one attached hydrogen (secondary N) is 2. The molecule has 1 atom stereocenters. The van der Waals surface area contributed by atoms with Gasteiger partial charge in [-0.05, 0) is 48.9 Å². The fourth-order valence-corrected chi connectivity index (χ4v) is 2.63. The first kappa shape index (κ1) is 15.0. The highest BCUT2D eigenvalue weighted by Crippen LogP contribution is 2.25. The van der Waals surface area contributed by atoms with Crippen molar-refractivity contribution in [1.82, 2.24) is 10.6 Å². The van der Waals surface area contributed by atoms with Crippen molar-refractivity contribution >= 4 is 5.91 Å². The first-order valence-corrected chi connectivity index (χ1v) is 7.42. The molecule has 1 aliphatic carbocycles. The number of aryl methyl sites for hydroxylation is 2. The second-order valence-electron chi connectivity index (χ2n) is 5.44. The number of hydrogen-bond donors (Lipinski definition) is 3. The lowest BCUT2D eigenvalue weighted by molar-refractivity contribution is -0.118. The average Bonchev–Trinajstić information content (AvgIpc) is 2.89. The molecule has 2 rings (SSSR count). The quantitative estimate of drug-likeness (QED) is 0.658. The number of benzene rings is 1. The third-order valence-corrected chi connectivity index (χ3v) is 3.75. The minimum Gasteiger partial charge on any atom is -0.387 e.